The minimum Gasteiger partial charge on any atom is -0.381 e. The number of hydrogen-bond acceptors (Lipinski definition) is 6. The maximum Gasteiger partial charge on any atom is 0.249 e. The van der Waals surface area contributed by atoms with Crippen LogP contribution in [0.2, 0.25) is 0 Å². The molecule has 1 aromatic heterocycles. The minimum absolute atomic E-state index is 0.0661. The molecule has 2 saturated heterocycles. The molecular formula is C14H21N3O3S. The Morgan fingerprint density at radius 3 is 2.81 bits per heavy atom. The Balaban J connectivity index is 1.73. The Hall–Kier alpha value is -1.08. The fraction of sp³-hybridized carbons (Fsp3) is 0.786. The van der Waals surface area contributed by atoms with Crippen LogP contribution >= 0.6 is 11.8 Å². The van der Waals surface area contributed by atoms with E-state index in [1.54, 1.807) is 18.7 Å². The predicted molar refractivity (Wildman–Crippen MR) is 78.9 cm³/mol. The zero-order chi connectivity index (χ0) is 14.7. The molecule has 116 valence electrons. The topological polar surface area (TPSA) is 77.2 Å². The van der Waals surface area contributed by atoms with Gasteiger partial charge in [0.2, 0.25) is 11.8 Å². The van der Waals surface area contributed by atoms with Gasteiger partial charge in [0.1, 0.15) is 6.04 Å². The first-order valence-electron chi connectivity index (χ1n) is 7.54. The van der Waals surface area contributed by atoms with Crippen LogP contribution in [0.1, 0.15) is 43.4 Å². The number of nitrogens with one attached hydrogen (secondary N) is 1. The van der Waals surface area contributed by atoms with E-state index in [9.17, 15) is 4.79 Å². The fourth-order valence-electron chi connectivity index (χ4n) is 2.90. The van der Waals surface area contributed by atoms with E-state index < -0.39 is 0 Å². The lowest BCUT2D eigenvalue weighted by atomic mass is 9.91. The second-order valence-electron chi connectivity index (χ2n) is 5.62. The molecule has 0 saturated carbocycles. The molecule has 7 heteroatoms. The lowest BCUT2D eigenvalue weighted by molar-refractivity contribution is -0.122. The van der Waals surface area contributed by atoms with Gasteiger partial charge in [0.05, 0.1) is 5.25 Å². The highest BCUT2D eigenvalue weighted by atomic mass is 32.2. The van der Waals surface area contributed by atoms with Crippen LogP contribution < -0.4 is 5.32 Å². The molecule has 2 aliphatic rings. The summed E-state index contributed by atoms with van der Waals surface area (Å²) in [5, 5.41) is 7.08. The van der Waals surface area contributed by atoms with Crippen molar-refractivity contribution in [2.75, 3.05) is 19.0 Å². The van der Waals surface area contributed by atoms with Crippen molar-refractivity contribution in [3.8, 4) is 0 Å². The number of hydrogen-bond donors (Lipinski definition) is 1. The largest absolute Gasteiger partial charge is 0.381 e. The van der Waals surface area contributed by atoms with Crippen molar-refractivity contribution in [3.63, 3.8) is 0 Å². The molecule has 1 amide bonds. The summed E-state index contributed by atoms with van der Waals surface area (Å²) in [7, 11) is 0. The van der Waals surface area contributed by atoms with E-state index in [-0.39, 0.29) is 17.2 Å². The molecule has 0 aromatic carbocycles. The highest BCUT2D eigenvalue weighted by Gasteiger charge is 2.33. The van der Waals surface area contributed by atoms with Gasteiger partial charge in [0, 0.05) is 13.2 Å². The van der Waals surface area contributed by atoms with E-state index in [2.05, 4.69) is 15.5 Å². The van der Waals surface area contributed by atoms with E-state index in [0.29, 0.717) is 17.6 Å². The molecule has 0 bridgehead atoms. The van der Waals surface area contributed by atoms with Crippen LogP contribution in [-0.4, -0.2) is 40.3 Å². The van der Waals surface area contributed by atoms with Gasteiger partial charge in [-0.3, -0.25) is 4.79 Å². The van der Waals surface area contributed by atoms with Crippen LogP contribution in [0, 0.1) is 12.8 Å². The van der Waals surface area contributed by atoms with Crippen molar-refractivity contribution in [1.82, 2.24) is 15.5 Å². The predicted octanol–water partition coefficient (Wildman–Crippen LogP) is 1.86. The van der Waals surface area contributed by atoms with Gasteiger partial charge < -0.3 is 14.6 Å². The van der Waals surface area contributed by atoms with Gasteiger partial charge in [-0.15, -0.1) is 11.8 Å². The van der Waals surface area contributed by atoms with Crippen LogP contribution in [0.5, 0.6) is 0 Å². The summed E-state index contributed by atoms with van der Waals surface area (Å²) < 4.78 is 10.7. The average molecular weight is 311 g/mol. The van der Waals surface area contributed by atoms with Gasteiger partial charge in [-0.05, 0) is 44.3 Å². The van der Waals surface area contributed by atoms with E-state index in [0.717, 1.165) is 44.6 Å². The first-order chi connectivity index (χ1) is 10.2. The van der Waals surface area contributed by atoms with Gasteiger partial charge in [-0.2, -0.15) is 4.98 Å². The summed E-state index contributed by atoms with van der Waals surface area (Å²) in [5.74, 6) is 2.60. The number of nitrogens with zero attached hydrogens (tertiary/aromatic N) is 2. The number of rotatable bonds is 4. The zero-order valence-corrected chi connectivity index (χ0v) is 13.0. The standard InChI is InChI=1S/C14H21N3O3S/c1-9-15-14(20-17-9)12(10-4-6-19-7-5-10)16-13(18)11-3-2-8-21-11/h10-12H,2-8H2,1H3,(H,16,18). The van der Waals surface area contributed by atoms with Gasteiger partial charge in [-0.25, -0.2) is 0 Å². The number of aromatic nitrogens is 2. The molecule has 2 aliphatic heterocycles. The third kappa shape index (κ3) is 3.58. The van der Waals surface area contributed by atoms with Crippen molar-refractivity contribution in [2.24, 2.45) is 5.92 Å². The summed E-state index contributed by atoms with van der Waals surface area (Å²) in [4.78, 5) is 16.8. The first kappa shape index (κ1) is 14.8. The summed E-state index contributed by atoms with van der Waals surface area (Å²) in [6, 6.07) is -0.191. The van der Waals surface area contributed by atoms with E-state index in [1.165, 1.54) is 0 Å². The normalized spacial score (nSPS) is 24.9. The van der Waals surface area contributed by atoms with Crippen molar-refractivity contribution in [3.05, 3.63) is 11.7 Å². The van der Waals surface area contributed by atoms with Crippen LogP contribution in [-0.2, 0) is 9.53 Å². The van der Waals surface area contributed by atoms with Gasteiger partial charge >= 0.3 is 0 Å². The SMILES string of the molecule is Cc1noc(C(NC(=O)C2CCCS2)C2CCOCC2)n1. The van der Waals surface area contributed by atoms with Crippen molar-refractivity contribution in [2.45, 2.75) is 43.9 Å². The molecule has 2 atom stereocenters. The molecule has 2 unspecified atom stereocenters. The Labute approximate surface area is 128 Å². The molecule has 0 spiro atoms. The second kappa shape index (κ2) is 6.79. The number of carbonyl (C=O) groups is 1. The molecule has 21 heavy (non-hydrogen) atoms. The summed E-state index contributed by atoms with van der Waals surface area (Å²) in [6.45, 7) is 3.24. The highest BCUT2D eigenvalue weighted by Crippen LogP contribution is 2.31. The maximum atomic E-state index is 12.4. The van der Waals surface area contributed by atoms with Gasteiger partial charge in [0.25, 0.3) is 0 Å². The Morgan fingerprint density at radius 2 is 2.19 bits per heavy atom. The van der Waals surface area contributed by atoms with Gasteiger partial charge in [-0.1, -0.05) is 5.16 Å². The number of ether oxygens (including phenoxy) is 1. The minimum atomic E-state index is -0.191. The summed E-state index contributed by atoms with van der Waals surface area (Å²) in [6.07, 6.45) is 3.89. The van der Waals surface area contributed by atoms with E-state index >= 15 is 0 Å². The molecule has 1 N–H and O–H groups in total. The van der Waals surface area contributed by atoms with Gasteiger partial charge in [0.15, 0.2) is 5.82 Å². The van der Waals surface area contributed by atoms with Crippen molar-refractivity contribution >= 4 is 17.7 Å². The third-order valence-electron chi connectivity index (χ3n) is 4.07. The summed E-state index contributed by atoms with van der Waals surface area (Å²) in [5.41, 5.74) is 0. The van der Waals surface area contributed by atoms with Crippen molar-refractivity contribution < 1.29 is 14.1 Å². The van der Waals surface area contributed by atoms with E-state index in [1.807, 2.05) is 0 Å². The Bertz CT molecular complexity index is 482. The second-order valence-corrected chi connectivity index (χ2v) is 6.93. The Kier molecular flexibility index (Phi) is 4.80. The van der Waals surface area contributed by atoms with Crippen LogP contribution in [0.3, 0.4) is 0 Å². The average Bonchev–Trinajstić information content (AvgIpc) is 3.17. The number of amides is 1. The fourth-order valence-corrected chi connectivity index (χ4v) is 4.07. The molecule has 1 aromatic rings. The van der Waals surface area contributed by atoms with Crippen molar-refractivity contribution in [1.29, 1.82) is 0 Å². The van der Waals surface area contributed by atoms with Crippen LogP contribution in [0.15, 0.2) is 4.52 Å². The monoisotopic (exact) mass is 311 g/mol. The molecule has 0 radical (unpaired) electrons. The zero-order valence-electron chi connectivity index (χ0n) is 12.2. The lowest BCUT2D eigenvalue weighted by Crippen LogP contribution is -2.39. The number of thioether (sulfide) groups is 1. The molecular weight excluding hydrogens is 290 g/mol. The smallest absolute Gasteiger partial charge is 0.249 e. The summed E-state index contributed by atoms with van der Waals surface area (Å²) >= 11 is 1.74. The molecule has 2 fully saturated rings. The quantitative estimate of drug-likeness (QED) is 0.914. The third-order valence-corrected chi connectivity index (χ3v) is 5.44. The molecule has 0 aliphatic carbocycles. The highest BCUT2D eigenvalue weighted by molar-refractivity contribution is 8.00. The Morgan fingerprint density at radius 1 is 1.38 bits per heavy atom. The maximum absolute atomic E-state index is 12.4. The molecule has 3 heterocycles. The lowest BCUT2D eigenvalue weighted by Gasteiger charge is -2.29. The first-order valence-corrected chi connectivity index (χ1v) is 8.59. The van der Waals surface area contributed by atoms with Crippen LogP contribution in [0.25, 0.3) is 0 Å². The number of aryl methyl sites for hydroxylation is 1. The number of carbonyl (C=O) groups excluding carboxylic acids is 1. The molecule has 6 nitrogen and oxygen atoms in total. The van der Waals surface area contributed by atoms with Crippen LogP contribution in [0.4, 0.5) is 0 Å². The molecule has 3 rings (SSSR count). The van der Waals surface area contributed by atoms with E-state index in [4.69, 9.17) is 9.26 Å².